The summed E-state index contributed by atoms with van der Waals surface area (Å²) in [5.74, 6) is -0.486. The second-order valence-corrected chi connectivity index (χ2v) is 11.2. The molecule has 12 heteroatoms. The fraction of sp³-hybridized carbons (Fsp3) is 0.643. The van der Waals surface area contributed by atoms with Crippen LogP contribution in [-0.4, -0.2) is 88.8 Å². The number of carbonyl (C=O) groups excluding carboxylic acids is 1. The smallest absolute Gasteiger partial charge is 0.326 e. The molecule has 2 aliphatic rings. The van der Waals surface area contributed by atoms with E-state index in [1.54, 1.807) is 11.7 Å². The number of carboxylic acids is 1. The van der Waals surface area contributed by atoms with Gasteiger partial charge in [-0.1, -0.05) is 17.7 Å². The fourth-order valence-electron chi connectivity index (χ4n) is 5.43. The third kappa shape index (κ3) is 7.30. The predicted octanol–water partition coefficient (Wildman–Crippen LogP) is 3.13. The maximum Gasteiger partial charge on any atom is 0.326 e. The lowest BCUT2D eigenvalue weighted by Gasteiger charge is -2.27. The number of anilines is 1. The van der Waals surface area contributed by atoms with E-state index in [0.29, 0.717) is 43.2 Å². The minimum atomic E-state index is -1.11. The average molecular weight is 579 g/mol. The molecular weight excluding hydrogens is 539 g/mol. The largest absolute Gasteiger partial charge is 0.480 e. The number of unbranched alkanes of at least 4 members (excludes halogenated alkanes) is 1. The summed E-state index contributed by atoms with van der Waals surface area (Å²) in [6.45, 7) is 1.67. The van der Waals surface area contributed by atoms with Crippen LogP contribution in [0.4, 0.5) is 10.2 Å². The molecule has 3 heterocycles. The van der Waals surface area contributed by atoms with Crippen LogP contribution in [0.5, 0.6) is 0 Å². The topological polar surface area (TPSA) is 122 Å². The summed E-state index contributed by atoms with van der Waals surface area (Å²) >= 11 is 6.29. The molecule has 1 amide bonds. The van der Waals surface area contributed by atoms with Crippen LogP contribution in [0.25, 0.3) is 0 Å². The van der Waals surface area contributed by atoms with Gasteiger partial charge in [0.2, 0.25) is 5.91 Å². The van der Waals surface area contributed by atoms with Crippen molar-refractivity contribution in [2.75, 3.05) is 45.3 Å². The number of pyridine rings is 1. The fourth-order valence-corrected chi connectivity index (χ4v) is 5.78. The van der Waals surface area contributed by atoms with Gasteiger partial charge in [-0.3, -0.25) is 9.48 Å². The van der Waals surface area contributed by atoms with Crippen LogP contribution in [0.3, 0.4) is 0 Å². The molecule has 1 saturated carbocycles. The normalized spacial score (nSPS) is 17.1. The summed E-state index contributed by atoms with van der Waals surface area (Å²) in [6.07, 6.45) is 6.95. The van der Waals surface area contributed by atoms with Gasteiger partial charge in [0.1, 0.15) is 18.5 Å². The van der Waals surface area contributed by atoms with Crippen molar-refractivity contribution in [3.8, 4) is 0 Å². The van der Waals surface area contributed by atoms with Gasteiger partial charge in [-0.25, -0.2) is 14.2 Å². The highest BCUT2D eigenvalue weighted by atomic mass is 35.5. The van der Waals surface area contributed by atoms with Crippen LogP contribution < -0.4 is 10.6 Å². The van der Waals surface area contributed by atoms with Gasteiger partial charge in [0, 0.05) is 39.5 Å². The van der Waals surface area contributed by atoms with Crippen molar-refractivity contribution in [1.29, 1.82) is 0 Å². The molecule has 0 aromatic carbocycles. The van der Waals surface area contributed by atoms with Crippen LogP contribution in [0.15, 0.2) is 18.3 Å². The van der Waals surface area contributed by atoms with E-state index in [1.807, 2.05) is 4.90 Å². The molecule has 1 fully saturated rings. The zero-order valence-electron chi connectivity index (χ0n) is 23.3. The standard InChI is InChI=1S/C28H40ClFN6O4/c1-35-24(22(29)17-32-35)28(11-12-28)27(39)34-23(26(37)38)10-15-36(18-21(16-30)40-2)14-4-3-7-20-9-8-19-6-5-13-31-25(19)33-20/h8-9,17,21,23H,3-7,10-16,18H2,1-2H3,(H,31,33)(H,34,39)(H,37,38)/t21-,23+/m1/s1. The molecule has 1 aliphatic heterocycles. The Bertz CT molecular complexity index is 1150. The number of aryl methyl sites for hydroxylation is 3. The summed E-state index contributed by atoms with van der Waals surface area (Å²) < 4.78 is 20.3. The lowest BCUT2D eigenvalue weighted by molar-refractivity contribution is -0.142. The third-order valence-corrected chi connectivity index (χ3v) is 8.22. The first-order valence-corrected chi connectivity index (χ1v) is 14.4. The Kier molecular flexibility index (Phi) is 10.4. The number of aromatic nitrogens is 3. The number of hydrogen-bond donors (Lipinski definition) is 3. The molecule has 40 heavy (non-hydrogen) atoms. The molecular formula is C28H40ClFN6O4. The lowest BCUT2D eigenvalue weighted by Crippen LogP contribution is -2.48. The highest BCUT2D eigenvalue weighted by molar-refractivity contribution is 6.31. The van der Waals surface area contributed by atoms with Gasteiger partial charge in [-0.05, 0) is 69.5 Å². The van der Waals surface area contributed by atoms with Crippen molar-refractivity contribution in [3.63, 3.8) is 0 Å². The number of ether oxygens (including phenoxy) is 1. The molecule has 2 atom stereocenters. The van der Waals surface area contributed by atoms with Crippen LogP contribution in [0.1, 0.15) is 55.5 Å². The number of carboxylic acid groups (broad SMARTS) is 1. The van der Waals surface area contributed by atoms with Gasteiger partial charge in [-0.2, -0.15) is 5.10 Å². The number of hydrogen-bond acceptors (Lipinski definition) is 7. The van der Waals surface area contributed by atoms with Gasteiger partial charge >= 0.3 is 5.97 Å². The van der Waals surface area contributed by atoms with Gasteiger partial charge in [-0.15, -0.1) is 0 Å². The van der Waals surface area contributed by atoms with Crippen LogP contribution >= 0.6 is 11.6 Å². The van der Waals surface area contributed by atoms with Gasteiger partial charge in [0.25, 0.3) is 0 Å². The van der Waals surface area contributed by atoms with Gasteiger partial charge in [0.15, 0.2) is 0 Å². The number of methoxy groups -OCH3 is 1. The van der Waals surface area contributed by atoms with E-state index >= 15 is 0 Å². The Morgan fingerprint density at radius 1 is 1.32 bits per heavy atom. The Hall–Kier alpha value is -2.76. The lowest BCUT2D eigenvalue weighted by atomic mass is 10.00. The van der Waals surface area contributed by atoms with Crippen molar-refractivity contribution >= 4 is 29.3 Å². The van der Waals surface area contributed by atoms with Crippen molar-refractivity contribution in [2.24, 2.45) is 7.05 Å². The Morgan fingerprint density at radius 3 is 2.77 bits per heavy atom. The molecule has 0 spiro atoms. The van der Waals surface area contributed by atoms with Crippen molar-refractivity contribution in [1.82, 2.24) is 25.0 Å². The maximum atomic E-state index is 13.5. The third-order valence-electron chi connectivity index (χ3n) is 7.95. The number of nitrogens with one attached hydrogen (secondary N) is 2. The van der Waals surface area contributed by atoms with Gasteiger partial charge < -0.3 is 25.4 Å². The zero-order valence-corrected chi connectivity index (χ0v) is 24.1. The first kappa shape index (κ1) is 30.2. The van der Waals surface area contributed by atoms with Crippen LogP contribution in [-0.2, 0) is 39.6 Å². The Labute approximate surface area is 239 Å². The number of aliphatic carboxylic acids is 1. The number of alkyl halides is 1. The predicted molar refractivity (Wildman–Crippen MR) is 151 cm³/mol. The summed E-state index contributed by atoms with van der Waals surface area (Å²) in [6, 6.07) is 3.15. The summed E-state index contributed by atoms with van der Waals surface area (Å²) in [4.78, 5) is 32.1. The second-order valence-electron chi connectivity index (χ2n) is 10.8. The first-order valence-electron chi connectivity index (χ1n) is 14.0. The molecule has 0 unspecified atom stereocenters. The molecule has 220 valence electrons. The molecule has 1 aliphatic carbocycles. The quantitative estimate of drug-likeness (QED) is 0.260. The maximum absolute atomic E-state index is 13.5. The Balaban J connectivity index is 1.32. The molecule has 0 radical (unpaired) electrons. The minimum Gasteiger partial charge on any atom is -0.480 e. The molecule has 3 N–H and O–H groups in total. The summed E-state index contributed by atoms with van der Waals surface area (Å²) in [5.41, 5.74) is 2.04. The van der Waals surface area contributed by atoms with E-state index in [9.17, 15) is 19.1 Å². The van der Waals surface area contributed by atoms with E-state index < -0.39 is 30.2 Å². The molecule has 4 rings (SSSR count). The van der Waals surface area contributed by atoms with E-state index in [0.717, 1.165) is 50.2 Å². The van der Waals surface area contributed by atoms with E-state index in [2.05, 4.69) is 27.9 Å². The highest BCUT2D eigenvalue weighted by Crippen LogP contribution is 2.50. The van der Waals surface area contributed by atoms with Crippen molar-refractivity contribution in [3.05, 3.63) is 40.3 Å². The molecule has 2 aromatic heterocycles. The number of amides is 1. The van der Waals surface area contributed by atoms with E-state index in [4.69, 9.17) is 21.3 Å². The number of fused-ring (bicyclic) bond motifs is 1. The molecule has 0 saturated heterocycles. The minimum absolute atomic E-state index is 0.178. The SMILES string of the molecule is CO[C@H](CF)CN(CCCCc1ccc2c(n1)NCCC2)CC[C@H](NC(=O)C1(c2c(Cl)cnn2C)CC1)C(=O)O. The summed E-state index contributed by atoms with van der Waals surface area (Å²) in [7, 11) is 3.19. The monoisotopic (exact) mass is 578 g/mol. The molecule has 2 aromatic rings. The molecule has 10 nitrogen and oxygen atoms in total. The van der Waals surface area contributed by atoms with Crippen LogP contribution in [0, 0.1) is 0 Å². The average Bonchev–Trinajstić information content (AvgIpc) is 3.68. The highest BCUT2D eigenvalue weighted by Gasteiger charge is 2.55. The van der Waals surface area contributed by atoms with E-state index in [-0.39, 0.29) is 12.3 Å². The second kappa shape index (κ2) is 13.7. The number of halogens is 2. The first-order chi connectivity index (χ1) is 19.3. The van der Waals surface area contributed by atoms with Gasteiger partial charge in [0.05, 0.1) is 28.4 Å². The van der Waals surface area contributed by atoms with Crippen molar-refractivity contribution in [2.45, 2.75) is 68.9 Å². The Morgan fingerprint density at radius 2 is 2.12 bits per heavy atom. The molecule has 0 bridgehead atoms. The van der Waals surface area contributed by atoms with Crippen molar-refractivity contribution < 1.29 is 23.8 Å². The van der Waals surface area contributed by atoms with E-state index in [1.165, 1.54) is 18.9 Å². The number of carbonyl (C=O) groups is 2. The zero-order chi connectivity index (χ0) is 28.7. The summed E-state index contributed by atoms with van der Waals surface area (Å²) in [5, 5.41) is 20.5. The number of rotatable bonds is 16. The van der Waals surface area contributed by atoms with Crippen LogP contribution in [0.2, 0.25) is 5.02 Å². The number of nitrogens with zero attached hydrogens (tertiary/aromatic N) is 4.